The van der Waals surface area contributed by atoms with Gasteiger partial charge >= 0.3 is 0 Å². The predicted molar refractivity (Wildman–Crippen MR) is 35.8 cm³/mol. The fraction of sp³-hybridized carbons (Fsp3) is 0.250. The van der Waals surface area contributed by atoms with Crippen LogP contribution >= 0.6 is 0 Å². The molecule has 0 radical (unpaired) electrons. The first-order valence-electron chi connectivity index (χ1n) is 3.46. The van der Waals surface area contributed by atoms with Crippen LogP contribution in [0.4, 0.5) is 4.39 Å². The SMILES string of the molecule is [2H][C@H](C)c1ccccc1F. The largest absolute Gasteiger partial charge is 0.207 e. The van der Waals surface area contributed by atoms with Gasteiger partial charge < -0.3 is 0 Å². The molecular formula is C8H9F. The van der Waals surface area contributed by atoms with E-state index in [-0.39, 0.29) is 5.82 Å². The van der Waals surface area contributed by atoms with E-state index in [1.807, 2.05) is 0 Å². The van der Waals surface area contributed by atoms with E-state index in [1.165, 1.54) is 6.07 Å². The van der Waals surface area contributed by atoms with E-state index >= 15 is 0 Å². The van der Waals surface area contributed by atoms with Gasteiger partial charge in [-0.25, -0.2) is 4.39 Å². The Morgan fingerprint density at radius 3 is 2.67 bits per heavy atom. The lowest BCUT2D eigenvalue weighted by molar-refractivity contribution is 0.612. The lowest BCUT2D eigenvalue weighted by Crippen LogP contribution is -1.83. The Morgan fingerprint density at radius 1 is 1.56 bits per heavy atom. The number of rotatable bonds is 1. The highest BCUT2D eigenvalue weighted by molar-refractivity contribution is 5.16. The molecule has 1 heteroatoms. The second-order valence-corrected chi connectivity index (χ2v) is 1.81. The van der Waals surface area contributed by atoms with Crippen LogP contribution in [-0.2, 0) is 6.40 Å². The number of hydrogen-bond donors (Lipinski definition) is 0. The monoisotopic (exact) mass is 125 g/mol. The molecule has 1 aromatic rings. The summed E-state index contributed by atoms with van der Waals surface area (Å²) in [5, 5.41) is 0. The summed E-state index contributed by atoms with van der Waals surface area (Å²) in [5.74, 6) is -0.287. The van der Waals surface area contributed by atoms with Gasteiger partial charge in [0.2, 0.25) is 0 Å². The maximum absolute atomic E-state index is 12.7. The molecule has 9 heavy (non-hydrogen) atoms. The fourth-order valence-electron chi connectivity index (χ4n) is 0.709. The average molecular weight is 125 g/mol. The van der Waals surface area contributed by atoms with Crippen molar-refractivity contribution in [3.63, 3.8) is 0 Å². The third-order valence-corrected chi connectivity index (χ3v) is 1.22. The van der Waals surface area contributed by atoms with Gasteiger partial charge in [-0.1, -0.05) is 25.1 Å². The predicted octanol–water partition coefficient (Wildman–Crippen LogP) is 2.39. The zero-order valence-corrected chi connectivity index (χ0v) is 5.26. The Balaban J connectivity index is 3.03. The minimum atomic E-state index is -0.471. The minimum absolute atomic E-state index is 0.287. The van der Waals surface area contributed by atoms with Crippen molar-refractivity contribution in [2.75, 3.05) is 0 Å². The van der Waals surface area contributed by atoms with E-state index in [0.717, 1.165) is 0 Å². The van der Waals surface area contributed by atoms with E-state index in [1.54, 1.807) is 25.1 Å². The fourth-order valence-corrected chi connectivity index (χ4v) is 0.709. The summed E-state index contributed by atoms with van der Waals surface area (Å²) in [4.78, 5) is 0. The molecule has 0 N–H and O–H groups in total. The van der Waals surface area contributed by atoms with E-state index in [4.69, 9.17) is 1.37 Å². The minimum Gasteiger partial charge on any atom is -0.207 e. The molecule has 48 valence electrons. The van der Waals surface area contributed by atoms with E-state index < -0.39 is 6.40 Å². The third-order valence-electron chi connectivity index (χ3n) is 1.22. The molecule has 0 spiro atoms. The number of hydrogen-bond acceptors (Lipinski definition) is 0. The molecule has 0 aliphatic carbocycles. The molecule has 0 aliphatic heterocycles. The van der Waals surface area contributed by atoms with Gasteiger partial charge in [0, 0.05) is 1.37 Å². The Labute approximate surface area is 55.7 Å². The maximum atomic E-state index is 12.7. The third kappa shape index (κ3) is 1.28. The molecule has 0 saturated heterocycles. The first kappa shape index (κ1) is 4.98. The van der Waals surface area contributed by atoms with Gasteiger partial charge in [0.1, 0.15) is 5.82 Å². The van der Waals surface area contributed by atoms with Crippen molar-refractivity contribution in [1.29, 1.82) is 0 Å². The molecule has 1 atom stereocenters. The van der Waals surface area contributed by atoms with Crippen molar-refractivity contribution in [3.05, 3.63) is 35.6 Å². The van der Waals surface area contributed by atoms with Crippen LogP contribution in [0.2, 0.25) is 0 Å². The molecule has 0 aliphatic rings. The first-order valence-corrected chi connectivity index (χ1v) is 2.88. The molecule has 1 rings (SSSR count). The molecule has 0 fully saturated rings. The van der Waals surface area contributed by atoms with Crippen molar-refractivity contribution < 1.29 is 5.76 Å². The lowest BCUT2D eigenvalue weighted by Gasteiger charge is -1.94. The molecule has 0 nitrogen and oxygen atoms in total. The maximum Gasteiger partial charge on any atom is 0.126 e. The Kier molecular flexibility index (Phi) is 1.45. The molecule has 0 bridgehead atoms. The standard InChI is InChI=1S/C8H9F/c1-2-7-5-3-4-6-8(7)9/h3-6H,2H2,1H3/i2D/t2-/m1/s1. The Morgan fingerprint density at radius 2 is 2.22 bits per heavy atom. The normalized spacial score (nSPS) is 14.7. The molecular weight excluding hydrogens is 115 g/mol. The van der Waals surface area contributed by atoms with Crippen LogP contribution in [-0.4, -0.2) is 0 Å². The van der Waals surface area contributed by atoms with E-state index in [2.05, 4.69) is 0 Å². The van der Waals surface area contributed by atoms with Crippen LogP contribution in [0.15, 0.2) is 24.3 Å². The van der Waals surface area contributed by atoms with E-state index in [9.17, 15) is 4.39 Å². The lowest BCUT2D eigenvalue weighted by atomic mass is 10.2. The highest BCUT2D eigenvalue weighted by atomic mass is 19.1. The van der Waals surface area contributed by atoms with Gasteiger partial charge in [-0.2, -0.15) is 0 Å². The number of aryl methyl sites for hydroxylation is 1. The first-order chi connectivity index (χ1) is 4.72. The van der Waals surface area contributed by atoms with Gasteiger partial charge in [0.15, 0.2) is 0 Å². The van der Waals surface area contributed by atoms with Gasteiger partial charge in [-0.15, -0.1) is 0 Å². The second kappa shape index (κ2) is 2.62. The summed E-state index contributed by atoms with van der Waals surface area (Å²) >= 11 is 0. The molecule has 0 aromatic heterocycles. The summed E-state index contributed by atoms with van der Waals surface area (Å²) < 4.78 is 19.9. The summed E-state index contributed by atoms with van der Waals surface area (Å²) in [6, 6.07) is 6.37. The number of benzene rings is 1. The van der Waals surface area contributed by atoms with Crippen molar-refractivity contribution >= 4 is 0 Å². The molecule has 0 amide bonds. The van der Waals surface area contributed by atoms with Gasteiger partial charge in [-0.05, 0) is 18.0 Å². The summed E-state index contributed by atoms with van der Waals surface area (Å²) in [6.45, 7) is 1.65. The summed E-state index contributed by atoms with van der Waals surface area (Å²) in [5.41, 5.74) is 0.461. The van der Waals surface area contributed by atoms with E-state index in [0.29, 0.717) is 5.56 Å². The van der Waals surface area contributed by atoms with Gasteiger partial charge in [0.05, 0.1) is 0 Å². The Hall–Kier alpha value is -0.850. The zero-order valence-electron chi connectivity index (χ0n) is 6.26. The van der Waals surface area contributed by atoms with Gasteiger partial charge in [-0.3, -0.25) is 0 Å². The van der Waals surface area contributed by atoms with Crippen LogP contribution in [0.1, 0.15) is 13.9 Å². The van der Waals surface area contributed by atoms with Crippen molar-refractivity contribution in [2.45, 2.75) is 13.3 Å². The van der Waals surface area contributed by atoms with Gasteiger partial charge in [0.25, 0.3) is 0 Å². The molecule has 0 heterocycles. The van der Waals surface area contributed by atoms with Crippen molar-refractivity contribution in [3.8, 4) is 0 Å². The smallest absolute Gasteiger partial charge is 0.126 e. The second-order valence-electron chi connectivity index (χ2n) is 1.81. The average Bonchev–Trinajstić information content (AvgIpc) is 1.88. The van der Waals surface area contributed by atoms with Crippen LogP contribution in [0.5, 0.6) is 0 Å². The highest BCUT2D eigenvalue weighted by Gasteiger charge is 1.93. The summed E-state index contributed by atoms with van der Waals surface area (Å²) in [7, 11) is 0. The quantitative estimate of drug-likeness (QED) is 0.540. The number of halogens is 1. The Bertz CT molecular complexity index is 220. The molecule has 0 saturated carbocycles. The van der Waals surface area contributed by atoms with Crippen molar-refractivity contribution in [1.82, 2.24) is 0 Å². The molecule has 1 aromatic carbocycles. The topological polar surface area (TPSA) is 0 Å². The molecule has 0 unspecified atom stereocenters. The van der Waals surface area contributed by atoms with Crippen LogP contribution in [0, 0.1) is 5.82 Å². The summed E-state index contributed by atoms with van der Waals surface area (Å²) in [6.07, 6.45) is -0.471. The van der Waals surface area contributed by atoms with Crippen LogP contribution in [0.3, 0.4) is 0 Å². The van der Waals surface area contributed by atoms with Crippen molar-refractivity contribution in [2.24, 2.45) is 0 Å². The zero-order chi connectivity index (χ0) is 7.56. The van der Waals surface area contributed by atoms with Crippen LogP contribution in [0.25, 0.3) is 0 Å². The van der Waals surface area contributed by atoms with Crippen LogP contribution < -0.4 is 0 Å². The highest BCUT2D eigenvalue weighted by Crippen LogP contribution is 2.05.